The van der Waals surface area contributed by atoms with E-state index in [0.29, 0.717) is 30.0 Å². The average molecular weight is 628 g/mol. The van der Waals surface area contributed by atoms with Crippen molar-refractivity contribution in [3.8, 4) is 11.1 Å². The number of anilines is 4. The molecule has 0 aliphatic rings. The quantitative estimate of drug-likeness (QED) is 0.143. The summed E-state index contributed by atoms with van der Waals surface area (Å²) in [4.78, 5) is 26.3. The second-order valence-corrected chi connectivity index (χ2v) is 11.3. The number of carbonyl (C=O) groups excluding carboxylic acids is 1. The van der Waals surface area contributed by atoms with Crippen molar-refractivity contribution in [1.29, 1.82) is 0 Å². The van der Waals surface area contributed by atoms with Crippen molar-refractivity contribution >= 4 is 39.8 Å². The molecule has 4 N–H and O–H groups in total. The fraction of sp³-hybridized carbons (Fsp3) is 0.229. The fourth-order valence-electron chi connectivity index (χ4n) is 5.25. The molecule has 0 saturated heterocycles. The van der Waals surface area contributed by atoms with Gasteiger partial charge in [-0.3, -0.25) is 4.79 Å². The zero-order valence-electron chi connectivity index (χ0n) is 25.9. The molecule has 1 amide bonds. The molecule has 0 fully saturated rings. The zero-order valence-corrected chi connectivity index (χ0v) is 25.9. The summed E-state index contributed by atoms with van der Waals surface area (Å²) in [5.41, 5.74) is 9.49. The Morgan fingerprint density at radius 1 is 0.913 bits per heavy atom. The molecule has 0 saturated carbocycles. The van der Waals surface area contributed by atoms with Crippen molar-refractivity contribution in [1.82, 2.24) is 14.9 Å². The first-order valence-electron chi connectivity index (χ1n) is 14.8. The number of aromatic nitrogens is 2. The first kappa shape index (κ1) is 32.2. The summed E-state index contributed by atoms with van der Waals surface area (Å²) in [5.74, 6) is -0.377. The van der Waals surface area contributed by atoms with Gasteiger partial charge in [0.15, 0.2) is 0 Å². The third-order valence-corrected chi connectivity index (χ3v) is 7.61. The van der Waals surface area contributed by atoms with Crippen molar-refractivity contribution in [2.45, 2.75) is 19.1 Å². The average Bonchev–Trinajstić information content (AvgIpc) is 3.03. The number of nitrogens with zero attached hydrogens (tertiary/aromatic N) is 4. The van der Waals surface area contributed by atoms with Crippen LogP contribution in [0.5, 0.6) is 0 Å². The molecule has 238 valence electrons. The van der Waals surface area contributed by atoms with Crippen molar-refractivity contribution in [3.63, 3.8) is 0 Å². The van der Waals surface area contributed by atoms with Gasteiger partial charge < -0.3 is 26.2 Å². The number of benzene rings is 4. The highest BCUT2D eigenvalue weighted by molar-refractivity contribution is 6.11. The highest BCUT2D eigenvalue weighted by Gasteiger charge is 2.32. The van der Waals surface area contributed by atoms with Crippen LogP contribution < -0.4 is 21.3 Å². The van der Waals surface area contributed by atoms with E-state index in [4.69, 9.17) is 5.73 Å². The molecule has 5 rings (SSSR count). The molecule has 0 spiro atoms. The van der Waals surface area contributed by atoms with Crippen LogP contribution in [0.4, 0.5) is 36.2 Å². The summed E-state index contributed by atoms with van der Waals surface area (Å²) in [6.07, 6.45) is -2.15. The van der Waals surface area contributed by atoms with Crippen molar-refractivity contribution < 1.29 is 18.0 Å². The number of halogens is 3. The molecule has 0 aliphatic heterocycles. The molecule has 4 aromatic carbocycles. The molecule has 8 nitrogen and oxygen atoms in total. The van der Waals surface area contributed by atoms with E-state index in [-0.39, 0.29) is 17.2 Å². The van der Waals surface area contributed by atoms with Gasteiger partial charge in [-0.2, -0.15) is 13.2 Å². The summed E-state index contributed by atoms with van der Waals surface area (Å²) in [6, 6.07) is 24.1. The molecule has 0 bridgehead atoms. The Morgan fingerprint density at radius 2 is 1.70 bits per heavy atom. The lowest BCUT2D eigenvalue weighted by molar-refractivity contribution is -0.137. The number of hydrogen-bond donors (Lipinski definition) is 3. The Bertz CT molecular complexity index is 1830. The molecule has 46 heavy (non-hydrogen) atoms. The maximum Gasteiger partial charge on any atom is 0.416 e. The molecular weight excluding hydrogens is 591 g/mol. The maximum absolute atomic E-state index is 14.0. The van der Waals surface area contributed by atoms with E-state index in [1.807, 2.05) is 78.5 Å². The number of alkyl halides is 3. The molecular formula is C35H36F3N7O. The first-order chi connectivity index (χ1) is 22.0. The van der Waals surface area contributed by atoms with Crippen molar-refractivity contribution in [3.05, 3.63) is 108 Å². The highest BCUT2D eigenvalue weighted by atomic mass is 19.4. The van der Waals surface area contributed by atoms with Crippen LogP contribution >= 0.6 is 0 Å². The second-order valence-electron chi connectivity index (χ2n) is 11.3. The first-order valence-corrected chi connectivity index (χ1v) is 14.8. The normalized spacial score (nSPS) is 11.5. The van der Waals surface area contributed by atoms with Gasteiger partial charge in [-0.05, 0) is 74.6 Å². The van der Waals surface area contributed by atoms with Gasteiger partial charge in [0.1, 0.15) is 0 Å². The lowest BCUT2D eigenvalue weighted by atomic mass is 9.98. The van der Waals surface area contributed by atoms with E-state index in [1.165, 1.54) is 6.07 Å². The summed E-state index contributed by atoms with van der Waals surface area (Å²) >= 11 is 0. The Labute approximate surface area is 266 Å². The van der Waals surface area contributed by atoms with Crippen LogP contribution in [0.15, 0.2) is 91.1 Å². The summed E-state index contributed by atoms with van der Waals surface area (Å²) in [5, 5.41) is 7.00. The summed E-state index contributed by atoms with van der Waals surface area (Å²) in [6.45, 7) is 1.81. The minimum Gasteiger partial charge on any atom is -0.380 e. The van der Waals surface area contributed by atoms with E-state index in [2.05, 4.69) is 20.6 Å². The minimum atomic E-state index is -4.58. The fourth-order valence-corrected chi connectivity index (χ4v) is 5.25. The van der Waals surface area contributed by atoms with Gasteiger partial charge in [-0.15, -0.1) is 0 Å². The number of nitrogens with one attached hydrogen (secondary N) is 2. The molecule has 0 radical (unpaired) electrons. The van der Waals surface area contributed by atoms with Crippen LogP contribution in [-0.2, 0) is 12.7 Å². The predicted molar refractivity (Wildman–Crippen MR) is 179 cm³/mol. The van der Waals surface area contributed by atoms with Gasteiger partial charge in [0.25, 0.3) is 5.91 Å². The Morgan fingerprint density at radius 3 is 2.43 bits per heavy atom. The van der Waals surface area contributed by atoms with Gasteiger partial charge in [0.2, 0.25) is 5.95 Å². The molecule has 0 unspecified atom stereocenters. The van der Waals surface area contributed by atoms with Gasteiger partial charge in [-0.1, -0.05) is 48.5 Å². The number of carbonyl (C=O) groups is 1. The van der Waals surface area contributed by atoms with Crippen LogP contribution in [0.2, 0.25) is 0 Å². The van der Waals surface area contributed by atoms with Crippen LogP contribution in [0.1, 0.15) is 27.9 Å². The lowest BCUT2D eigenvalue weighted by Gasteiger charge is -2.25. The third-order valence-electron chi connectivity index (χ3n) is 7.61. The number of fused-ring (bicyclic) bond motifs is 1. The van der Waals surface area contributed by atoms with Crippen LogP contribution in [0.25, 0.3) is 22.0 Å². The number of rotatable bonds is 11. The predicted octanol–water partition coefficient (Wildman–Crippen LogP) is 7.15. The van der Waals surface area contributed by atoms with E-state index >= 15 is 0 Å². The SMILES string of the molecule is CN(C)CCCN(C)c1ccc(C(F)(F)F)cc1NC(=O)c1cccc(-c2ccc3nc(N)ncc3c2)c1NCc1ccccc1. The number of nitrogens with two attached hydrogens (primary N) is 1. The topological polar surface area (TPSA) is 99.4 Å². The number of amides is 1. The van der Waals surface area contributed by atoms with Gasteiger partial charge in [0, 0.05) is 37.3 Å². The maximum atomic E-state index is 14.0. The molecule has 1 heterocycles. The Hall–Kier alpha value is -5.16. The van der Waals surface area contributed by atoms with E-state index in [0.717, 1.165) is 47.2 Å². The molecule has 5 aromatic rings. The number of hydrogen-bond acceptors (Lipinski definition) is 7. The number of para-hydroxylation sites is 1. The lowest BCUT2D eigenvalue weighted by Crippen LogP contribution is -2.25. The third kappa shape index (κ3) is 7.73. The van der Waals surface area contributed by atoms with Crippen LogP contribution in [0, 0.1) is 0 Å². The smallest absolute Gasteiger partial charge is 0.380 e. The Balaban J connectivity index is 1.54. The monoisotopic (exact) mass is 627 g/mol. The van der Waals surface area contributed by atoms with Crippen molar-refractivity contribution in [2.24, 2.45) is 0 Å². The Kier molecular flexibility index (Phi) is 9.72. The highest BCUT2D eigenvalue weighted by Crippen LogP contribution is 2.37. The minimum absolute atomic E-state index is 0.0760. The standard InChI is InChI=1S/C35H36F3N7O/c1-44(2)17-8-18-45(3)31-16-14-26(35(36,37)38)20-30(31)42-33(46)28-12-7-11-27(32(28)40-21-23-9-5-4-6-10-23)24-13-15-29-25(19-24)22-41-34(39)43-29/h4-7,9-16,19-20,22,40H,8,17-18,21H2,1-3H3,(H,42,46)(H2,39,41,43). The molecule has 0 aliphatic carbocycles. The van der Waals surface area contributed by atoms with E-state index in [9.17, 15) is 18.0 Å². The largest absolute Gasteiger partial charge is 0.416 e. The summed E-state index contributed by atoms with van der Waals surface area (Å²) < 4.78 is 41.4. The molecule has 1 aromatic heterocycles. The van der Waals surface area contributed by atoms with Gasteiger partial charge in [-0.25, -0.2) is 9.97 Å². The summed E-state index contributed by atoms with van der Waals surface area (Å²) in [7, 11) is 5.73. The zero-order chi connectivity index (χ0) is 32.8. The van der Waals surface area contributed by atoms with E-state index in [1.54, 1.807) is 25.4 Å². The molecule has 11 heteroatoms. The molecule has 0 atom stereocenters. The van der Waals surface area contributed by atoms with Gasteiger partial charge in [0.05, 0.1) is 33.7 Å². The van der Waals surface area contributed by atoms with E-state index < -0.39 is 17.6 Å². The van der Waals surface area contributed by atoms with Gasteiger partial charge >= 0.3 is 6.18 Å². The van der Waals surface area contributed by atoms with Crippen molar-refractivity contribution in [2.75, 3.05) is 55.5 Å². The second kappa shape index (κ2) is 13.9. The van der Waals surface area contributed by atoms with Crippen LogP contribution in [-0.4, -0.2) is 55.0 Å². The van der Waals surface area contributed by atoms with Crippen LogP contribution in [0.3, 0.4) is 0 Å². The number of nitrogen functional groups attached to an aromatic ring is 1.